The molecule has 25 heteroatoms. The summed E-state index contributed by atoms with van der Waals surface area (Å²) in [4.78, 5) is 161. The van der Waals surface area contributed by atoms with E-state index in [0.29, 0.717) is 110 Å². The maximum atomic E-state index is 13.8. The Hall–Kier alpha value is -6.21. The highest BCUT2D eigenvalue weighted by Crippen LogP contribution is 2.25. The van der Waals surface area contributed by atoms with Crippen molar-refractivity contribution in [2.45, 2.75) is 398 Å². The summed E-state index contributed by atoms with van der Waals surface area (Å²) < 4.78 is 0. The van der Waals surface area contributed by atoms with Crippen LogP contribution in [0.4, 0.5) is 0 Å². The van der Waals surface area contributed by atoms with Crippen LogP contribution in [0.25, 0.3) is 0 Å². The van der Waals surface area contributed by atoms with Crippen LogP contribution in [-0.4, -0.2) is 147 Å². The molecule has 0 unspecified atom stereocenters. The van der Waals surface area contributed by atoms with Gasteiger partial charge in [-0.1, -0.05) is 193 Å². The summed E-state index contributed by atoms with van der Waals surface area (Å²) >= 11 is 0. The van der Waals surface area contributed by atoms with Gasteiger partial charge in [0.2, 0.25) is 29.5 Å². The van der Waals surface area contributed by atoms with Crippen LogP contribution in [0.1, 0.15) is 374 Å². The molecule has 0 aliphatic carbocycles. The number of carbonyl (C=O) groups is 13. The number of unbranched alkanes of at least 4 members (excludes halogenated alkanes) is 34. The molecule has 0 bridgehead atoms. The van der Waals surface area contributed by atoms with Crippen molar-refractivity contribution >= 4 is 76.5 Å². The van der Waals surface area contributed by atoms with Gasteiger partial charge in [-0.15, -0.1) is 0 Å². The van der Waals surface area contributed by atoms with Gasteiger partial charge >= 0.3 is 23.9 Å². The van der Waals surface area contributed by atoms with Gasteiger partial charge in [0.15, 0.2) is 5.78 Å². The lowest BCUT2D eigenvalue weighted by Crippen LogP contribution is -2.43. The van der Waals surface area contributed by atoms with E-state index in [-0.39, 0.29) is 123 Å². The van der Waals surface area contributed by atoms with Crippen LogP contribution in [0.5, 0.6) is 0 Å². The Balaban J connectivity index is 4.43. The summed E-state index contributed by atoms with van der Waals surface area (Å²) in [6.07, 6.45) is 41.7. The molecule has 0 fully saturated rings. The molecule has 0 saturated carbocycles. The highest BCUT2D eigenvalue weighted by molar-refractivity contribution is 5.94. The molecule has 0 rings (SSSR count). The molecule has 107 heavy (non-hydrogen) atoms. The maximum absolute atomic E-state index is 13.8. The SMILES string of the molecule is CC(=O)[C@H](CCCCNC(=O)[C@@H](N)CCCCNC(=O)CC[C@H](NC(=O)CCCCCCCCCCCCCCCCCCC(=O)O)C(=O)O)CC(=O)[C@H](CCCCNC(=O)[C@@H](N)CCCCNC(=O)CC[C@H](CC(=O)CCCCCCCCCCCCCCCCCCC(=O)O)C(=O)O)CC(=O)C(C)(C)N. The third-order valence-corrected chi connectivity index (χ3v) is 20.4. The van der Waals surface area contributed by atoms with E-state index in [1.165, 1.54) is 116 Å². The molecule has 0 aliphatic rings. The number of hydrogen-bond donors (Lipinski definition) is 12. The second-order valence-electron chi connectivity index (χ2n) is 30.9. The zero-order valence-electron chi connectivity index (χ0n) is 66.5. The van der Waals surface area contributed by atoms with Crippen LogP contribution in [0.15, 0.2) is 0 Å². The number of amides is 5. The number of carboxylic acid groups (broad SMARTS) is 4. The summed E-state index contributed by atoms with van der Waals surface area (Å²) in [5.74, 6) is -8.40. The van der Waals surface area contributed by atoms with Crippen molar-refractivity contribution in [1.82, 2.24) is 26.6 Å². The van der Waals surface area contributed by atoms with E-state index in [0.717, 1.165) is 89.9 Å². The molecule has 0 spiro atoms. The number of rotatable bonds is 78. The Kier molecular flexibility index (Phi) is 62.9. The summed E-state index contributed by atoms with van der Waals surface area (Å²) in [6.45, 7) is 5.79. The highest BCUT2D eigenvalue weighted by Gasteiger charge is 2.31. The predicted molar refractivity (Wildman–Crippen MR) is 419 cm³/mol. The second kappa shape index (κ2) is 66.7. The molecule has 0 aromatic carbocycles. The number of nitrogens with two attached hydrogens (primary N) is 3. The first-order valence-electron chi connectivity index (χ1n) is 41.8. The van der Waals surface area contributed by atoms with Crippen LogP contribution in [-0.2, 0) is 62.3 Å². The molecule has 0 aromatic heterocycles. The Labute approximate surface area is 641 Å². The van der Waals surface area contributed by atoms with Gasteiger partial charge in [-0.05, 0) is 124 Å². The van der Waals surface area contributed by atoms with Gasteiger partial charge in [-0.2, -0.15) is 0 Å². The van der Waals surface area contributed by atoms with E-state index in [1.54, 1.807) is 13.8 Å². The highest BCUT2D eigenvalue weighted by atomic mass is 16.4. The molecule has 5 amide bonds. The first kappa shape index (κ1) is 101. The number of carbonyl (C=O) groups excluding carboxylic acids is 9. The van der Waals surface area contributed by atoms with Crippen molar-refractivity contribution in [3.8, 4) is 0 Å². The number of hydrogen-bond acceptors (Lipinski definition) is 16. The fourth-order valence-corrected chi connectivity index (χ4v) is 13.2. The van der Waals surface area contributed by atoms with Gasteiger partial charge < -0.3 is 64.2 Å². The van der Waals surface area contributed by atoms with Gasteiger partial charge in [0, 0.05) is 95.8 Å². The Morgan fingerprint density at radius 3 is 0.991 bits per heavy atom. The van der Waals surface area contributed by atoms with Crippen molar-refractivity contribution in [3.63, 3.8) is 0 Å². The smallest absolute Gasteiger partial charge is 0.326 e. The third-order valence-electron chi connectivity index (χ3n) is 20.4. The standard InChI is InChI=1S/C82H148N8O17/c1-63(91)64(44-36-40-58-88-78(102)68(83)48-39-43-57-87-74(96)55-53-70(81(106)107)90-75(97)49-33-29-25-21-17-13-9-5-7-11-15-19-23-27-31-35-51-77(100)101)61-71(93)65(62-72(94)82(2,3)85)45-37-41-59-89-79(103)69(84)47-38-42-56-86-73(95)54-52-66(80(104)105)60-67(92)46-32-28-24-20-16-12-8-4-6-10-14-18-22-26-30-34-50-76(98)99/h64-66,68-70H,4-62,83-85H2,1-3H3,(H,86,95)(H,87,96)(H,88,102)(H,89,103)(H,90,97)(H,98,99)(H,100,101)(H,104,105)(H,106,107)/t64-,65-,66-,68+,69+,70+/m1/s1. The molecule has 0 aliphatic heterocycles. The van der Waals surface area contributed by atoms with Crippen molar-refractivity contribution in [3.05, 3.63) is 0 Å². The average molecular weight is 1520 g/mol. The third kappa shape index (κ3) is 62.3. The zero-order valence-corrected chi connectivity index (χ0v) is 66.5. The number of ketones is 4. The molecule has 25 nitrogen and oxygen atoms in total. The minimum atomic E-state index is -1.20. The first-order valence-corrected chi connectivity index (χ1v) is 41.8. The van der Waals surface area contributed by atoms with E-state index in [1.807, 2.05) is 0 Å². The minimum Gasteiger partial charge on any atom is -0.481 e. The molecular weight excluding hydrogens is 1370 g/mol. The van der Waals surface area contributed by atoms with Gasteiger partial charge in [0.25, 0.3) is 0 Å². The van der Waals surface area contributed by atoms with E-state index in [9.17, 15) is 72.5 Å². The van der Waals surface area contributed by atoms with E-state index < -0.39 is 65.3 Å². The van der Waals surface area contributed by atoms with Gasteiger partial charge in [0.1, 0.15) is 23.4 Å². The quantitative estimate of drug-likeness (QED) is 0.0252. The maximum Gasteiger partial charge on any atom is 0.326 e. The van der Waals surface area contributed by atoms with Crippen molar-refractivity contribution in [2.24, 2.45) is 35.0 Å². The fourth-order valence-electron chi connectivity index (χ4n) is 13.2. The van der Waals surface area contributed by atoms with Crippen LogP contribution < -0.4 is 43.8 Å². The van der Waals surface area contributed by atoms with Crippen molar-refractivity contribution < 1.29 is 82.8 Å². The molecule has 0 radical (unpaired) electrons. The van der Waals surface area contributed by atoms with Crippen LogP contribution in [0.2, 0.25) is 0 Å². The largest absolute Gasteiger partial charge is 0.481 e. The molecule has 0 heterocycles. The Bertz CT molecular complexity index is 2490. The lowest BCUT2D eigenvalue weighted by Gasteiger charge is -2.23. The second-order valence-corrected chi connectivity index (χ2v) is 30.9. The minimum absolute atomic E-state index is 0.0242. The summed E-state index contributed by atoms with van der Waals surface area (Å²) in [6, 6.07) is -2.77. The van der Waals surface area contributed by atoms with E-state index in [4.69, 9.17) is 27.4 Å². The van der Waals surface area contributed by atoms with Gasteiger partial charge in [-0.25, -0.2) is 4.79 Å². The number of aliphatic carboxylic acids is 4. The molecule has 618 valence electrons. The topological polar surface area (TPSA) is 441 Å². The average Bonchev–Trinajstić information content (AvgIpc) is 0.871. The predicted octanol–water partition coefficient (Wildman–Crippen LogP) is 13.3. The Morgan fingerprint density at radius 2 is 0.645 bits per heavy atom. The zero-order chi connectivity index (χ0) is 79.7. The van der Waals surface area contributed by atoms with Crippen LogP contribution in [0.3, 0.4) is 0 Å². The number of Topliss-reactive ketones (excluding diaryl/α,β-unsaturated/α-hetero) is 4. The van der Waals surface area contributed by atoms with E-state index in [2.05, 4.69) is 26.6 Å². The normalized spacial score (nSPS) is 13.1. The molecule has 0 aromatic rings. The number of carboxylic acids is 4. The first-order chi connectivity index (χ1) is 51.1. The van der Waals surface area contributed by atoms with Crippen molar-refractivity contribution in [1.29, 1.82) is 0 Å². The fraction of sp³-hybridized carbons (Fsp3) is 0.841. The lowest BCUT2D eigenvalue weighted by molar-refractivity contribution is -0.144. The van der Waals surface area contributed by atoms with Crippen LogP contribution >= 0.6 is 0 Å². The van der Waals surface area contributed by atoms with Gasteiger partial charge in [0.05, 0.1) is 23.5 Å². The summed E-state index contributed by atoms with van der Waals surface area (Å²) in [5.41, 5.74) is 17.3. The molecule has 6 atom stereocenters. The van der Waals surface area contributed by atoms with Crippen molar-refractivity contribution in [2.75, 3.05) is 26.2 Å². The van der Waals surface area contributed by atoms with E-state index >= 15 is 0 Å². The summed E-state index contributed by atoms with van der Waals surface area (Å²) in [7, 11) is 0. The Morgan fingerprint density at radius 1 is 0.318 bits per heavy atom. The monoisotopic (exact) mass is 1520 g/mol. The molecule has 0 saturated heterocycles. The molecule has 15 N–H and O–H groups in total. The van der Waals surface area contributed by atoms with Crippen LogP contribution in [0, 0.1) is 17.8 Å². The molecular formula is C82H148N8O17. The lowest BCUT2D eigenvalue weighted by atomic mass is 9.82. The summed E-state index contributed by atoms with van der Waals surface area (Å²) in [5, 5.41) is 50.6. The number of nitrogens with one attached hydrogen (secondary N) is 5. The van der Waals surface area contributed by atoms with Gasteiger partial charge in [-0.3, -0.25) is 57.5 Å².